The summed E-state index contributed by atoms with van der Waals surface area (Å²) >= 11 is 5.17. The van der Waals surface area contributed by atoms with Crippen LogP contribution in [0.4, 0.5) is 5.82 Å². The minimum absolute atomic E-state index is 0.601. The lowest BCUT2D eigenvalue weighted by Gasteiger charge is -2.34. The van der Waals surface area contributed by atoms with Gasteiger partial charge in [-0.25, -0.2) is 9.97 Å². The highest BCUT2D eigenvalue weighted by atomic mass is 79.9. The number of halogens is 1. The Morgan fingerprint density at radius 2 is 2.11 bits per heavy atom. The number of aromatic nitrogens is 3. The zero-order chi connectivity index (χ0) is 13.4. The summed E-state index contributed by atoms with van der Waals surface area (Å²) in [6.45, 7) is 6.43. The van der Waals surface area contributed by atoms with Crippen LogP contribution in [-0.2, 0) is 0 Å². The Kier molecular flexibility index (Phi) is 3.71. The molecule has 0 N–H and O–H groups in total. The highest BCUT2D eigenvalue weighted by molar-refractivity contribution is 9.09. The first-order chi connectivity index (χ1) is 9.16. The third kappa shape index (κ3) is 2.48. The van der Waals surface area contributed by atoms with E-state index in [1.807, 2.05) is 6.92 Å². The smallest absolute Gasteiger partial charge is 0.149 e. The summed E-state index contributed by atoms with van der Waals surface area (Å²) in [4.78, 5) is 12.8. The molecular weight excluding hydrogens is 324 g/mol. The number of aryl methyl sites for hydroxylation is 1. The third-order valence-electron chi connectivity index (χ3n) is 3.91. The SMILES string of the molecule is Cc1nsc2ncnc(N3CCC(C(C)Br)CC3)c12. The summed E-state index contributed by atoms with van der Waals surface area (Å²) in [7, 11) is 0. The van der Waals surface area contributed by atoms with Crippen LogP contribution in [0, 0.1) is 12.8 Å². The van der Waals surface area contributed by atoms with Crippen LogP contribution in [0.25, 0.3) is 10.2 Å². The quantitative estimate of drug-likeness (QED) is 0.785. The van der Waals surface area contributed by atoms with Crippen molar-refractivity contribution in [1.82, 2.24) is 14.3 Å². The van der Waals surface area contributed by atoms with E-state index in [0.717, 1.165) is 40.7 Å². The average molecular weight is 341 g/mol. The molecule has 0 radical (unpaired) electrons. The molecule has 1 atom stereocenters. The number of hydrogen-bond acceptors (Lipinski definition) is 5. The van der Waals surface area contributed by atoms with Crippen LogP contribution in [0.1, 0.15) is 25.5 Å². The fraction of sp³-hybridized carbons (Fsp3) is 0.615. The summed E-state index contributed by atoms with van der Waals surface area (Å²) in [5.41, 5.74) is 1.05. The summed E-state index contributed by atoms with van der Waals surface area (Å²) in [5, 5.41) is 1.14. The average Bonchev–Trinajstić information content (AvgIpc) is 2.81. The van der Waals surface area contributed by atoms with Gasteiger partial charge in [-0.2, -0.15) is 4.37 Å². The van der Waals surface area contributed by atoms with E-state index in [0.29, 0.717) is 4.83 Å². The molecule has 4 nitrogen and oxygen atoms in total. The van der Waals surface area contributed by atoms with Crippen molar-refractivity contribution in [3.8, 4) is 0 Å². The molecule has 2 aromatic heterocycles. The number of piperidine rings is 1. The maximum Gasteiger partial charge on any atom is 0.149 e. The van der Waals surface area contributed by atoms with Gasteiger partial charge in [-0.05, 0) is 37.2 Å². The van der Waals surface area contributed by atoms with Crippen LogP contribution in [0.2, 0.25) is 0 Å². The van der Waals surface area contributed by atoms with Crippen molar-refractivity contribution in [2.75, 3.05) is 18.0 Å². The summed E-state index contributed by atoms with van der Waals surface area (Å²) in [6, 6.07) is 0. The second kappa shape index (κ2) is 5.32. The Balaban J connectivity index is 1.88. The molecule has 0 amide bonds. The van der Waals surface area contributed by atoms with Crippen molar-refractivity contribution >= 4 is 43.5 Å². The molecule has 1 saturated heterocycles. The fourth-order valence-electron chi connectivity index (χ4n) is 2.71. The molecule has 19 heavy (non-hydrogen) atoms. The molecule has 0 bridgehead atoms. The molecule has 1 fully saturated rings. The Morgan fingerprint density at radius 3 is 2.79 bits per heavy atom. The van der Waals surface area contributed by atoms with Gasteiger partial charge in [0, 0.05) is 17.9 Å². The largest absolute Gasteiger partial charge is 0.356 e. The lowest BCUT2D eigenvalue weighted by molar-refractivity contribution is 0.406. The highest BCUT2D eigenvalue weighted by Gasteiger charge is 2.25. The summed E-state index contributed by atoms with van der Waals surface area (Å²) in [5.74, 6) is 1.84. The third-order valence-corrected chi connectivity index (χ3v) is 5.51. The van der Waals surface area contributed by atoms with E-state index in [9.17, 15) is 0 Å². The first-order valence-corrected chi connectivity index (χ1v) is 8.31. The molecule has 1 unspecified atom stereocenters. The van der Waals surface area contributed by atoms with Gasteiger partial charge in [0.1, 0.15) is 17.0 Å². The molecule has 6 heteroatoms. The predicted molar refractivity (Wildman–Crippen MR) is 83.3 cm³/mol. The first-order valence-electron chi connectivity index (χ1n) is 6.63. The van der Waals surface area contributed by atoms with Crippen LogP contribution in [0.5, 0.6) is 0 Å². The Bertz CT molecular complexity index is 575. The van der Waals surface area contributed by atoms with Gasteiger partial charge in [0.05, 0.1) is 11.1 Å². The Hall–Kier alpha value is -0.750. The molecule has 102 valence electrons. The van der Waals surface area contributed by atoms with E-state index >= 15 is 0 Å². The zero-order valence-electron chi connectivity index (χ0n) is 11.1. The normalized spacial score (nSPS) is 19.0. The van der Waals surface area contributed by atoms with Crippen LogP contribution >= 0.6 is 27.5 Å². The number of hydrogen-bond donors (Lipinski definition) is 0. The molecule has 1 aliphatic rings. The molecule has 1 aliphatic heterocycles. The monoisotopic (exact) mass is 340 g/mol. The van der Waals surface area contributed by atoms with E-state index in [1.54, 1.807) is 6.33 Å². The minimum atomic E-state index is 0.601. The van der Waals surface area contributed by atoms with E-state index in [2.05, 4.69) is 42.1 Å². The van der Waals surface area contributed by atoms with Crippen molar-refractivity contribution in [3.05, 3.63) is 12.0 Å². The van der Waals surface area contributed by atoms with E-state index < -0.39 is 0 Å². The van der Waals surface area contributed by atoms with Crippen LogP contribution < -0.4 is 4.90 Å². The fourth-order valence-corrected chi connectivity index (χ4v) is 3.98. The number of alkyl halides is 1. The van der Waals surface area contributed by atoms with Gasteiger partial charge in [-0.3, -0.25) is 0 Å². The Labute approximate surface area is 125 Å². The zero-order valence-corrected chi connectivity index (χ0v) is 13.5. The minimum Gasteiger partial charge on any atom is -0.356 e. The number of anilines is 1. The van der Waals surface area contributed by atoms with Crippen molar-refractivity contribution in [2.45, 2.75) is 31.5 Å². The van der Waals surface area contributed by atoms with Gasteiger partial charge in [-0.15, -0.1) is 0 Å². The lowest BCUT2D eigenvalue weighted by Crippen LogP contribution is -2.36. The van der Waals surface area contributed by atoms with Gasteiger partial charge in [0.2, 0.25) is 0 Å². The molecule has 3 rings (SSSR count). The topological polar surface area (TPSA) is 41.9 Å². The van der Waals surface area contributed by atoms with Gasteiger partial charge < -0.3 is 4.90 Å². The van der Waals surface area contributed by atoms with E-state index in [4.69, 9.17) is 0 Å². The van der Waals surface area contributed by atoms with Gasteiger partial charge >= 0.3 is 0 Å². The van der Waals surface area contributed by atoms with E-state index in [1.165, 1.54) is 24.4 Å². The lowest BCUT2D eigenvalue weighted by atomic mass is 9.94. The summed E-state index contributed by atoms with van der Waals surface area (Å²) in [6.07, 6.45) is 4.09. The maximum absolute atomic E-state index is 4.50. The van der Waals surface area contributed by atoms with Crippen molar-refractivity contribution < 1.29 is 0 Å². The van der Waals surface area contributed by atoms with Gasteiger partial charge in [-0.1, -0.05) is 22.9 Å². The number of fused-ring (bicyclic) bond motifs is 1. The first kappa shape index (κ1) is 13.2. The molecular formula is C13H17BrN4S. The molecule has 0 spiro atoms. The highest BCUT2D eigenvalue weighted by Crippen LogP contribution is 2.32. The van der Waals surface area contributed by atoms with Crippen LogP contribution in [-0.4, -0.2) is 32.3 Å². The molecule has 2 aromatic rings. The maximum atomic E-state index is 4.50. The second-order valence-electron chi connectivity index (χ2n) is 5.15. The van der Waals surface area contributed by atoms with Crippen LogP contribution in [0.3, 0.4) is 0 Å². The number of nitrogens with zero attached hydrogens (tertiary/aromatic N) is 4. The second-order valence-corrected chi connectivity index (χ2v) is 7.34. The standard InChI is InChI=1S/C13H17BrN4S/c1-8(14)10-3-5-18(6-4-10)12-11-9(2)17-19-13(11)16-7-15-12/h7-8,10H,3-6H2,1-2H3. The van der Waals surface area contributed by atoms with Crippen molar-refractivity contribution in [3.63, 3.8) is 0 Å². The van der Waals surface area contributed by atoms with E-state index in [-0.39, 0.29) is 0 Å². The van der Waals surface area contributed by atoms with Crippen molar-refractivity contribution in [2.24, 2.45) is 5.92 Å². The molecule has 3 heterocycles. The van der Waals surface area contributed by atoms with Gasteiger partial charge in [0.15, 0.2) is 0 Å². The molecule has 0 aliphatic carbocycles. The molecule has 0 saturated carbocycles. The van der Waals surface area contributed by atoms with Gasteiger partial charge in [0.25, 0.3) is 0 Å². The molecule has 0 aromatic carbocycles. The van der Waals surface area contributed by atoms with Crippen molar-refractivity contribution in [1.29, 1.82) is 0 Å². The summed E-state index contributed by atoms with van der Waals surface area (Å²) < 4.78 is 4.40. The number of rotatable bonds is 2. The predicted octanol–water partition coefficient (Wildman–Crippen LogP) is 3.39. The van der Waals surface area contributed by atoms with Crippen LogP contribution in [0.15, 0.2) is 6.33 Å². The Morgan fingerprint density at radius 1 is 1.37 bits per heavy atom.